The molecule has 1 amide bonds. The zero-order valence-corrected chi connectivity index (χ0v) is 32.9. The van der Waals surface area contributed by atoms with Crippen molar-refractivity contribution in [2.24, 2.45) is 5.73 Å². The van der Waals surface area contributed by atoms with Crippen LogP contribution in [0.1, 0.15) is 142 Å². The van der Waals surface area contributed by atoms with Crippen LogP contribution in [0.15, 0.2) is 85.1 Å². The summed E-state index contributed by atoms with van der Waals surface area (Å²) in [7, 11) is -4.37. The van der Waals surface area contributed by atoms with Crippen molar-refractivity contribution < 1.29 is 28.4 Å². The number of phosphoric acid groups is 1. The van der Waals surface area contributed by atoms with Gasteiger partial charge >= 0.3 is 7.82 Å². The van der Waals surface area contributed by atoms with E-state index in [1.807, 2.05) is 18.2 Å². The van der Waals surface area contributed by atoms with Gasteiger partial charge < -0.3 is 21.1 Å². The molecule has 0 aromatic carbocycles. The number of carbonyl (C=O) groups is 1. The molecule has 0 fully saturated rings. The van der Waals surface area contributed by atoms with Crippen LogP contribution >= 0.6 is 7.82 Å². The number of rotatable bonds is 35. The summed E-state index contributed by atoms with van der Waals surface area (Å²) in [6, 6.07) is -0.935. The second kappa shape index (κ2) is 37.4. The van der Waals surface area contributed by atoms with Crippen LogP contribution < -0.4 is 11.1 Å². The van der Waals surface area contributed by atoms with Gasteiger partial charge in [-0.1, -0.05) is 163 Å². The Hall–Kier alpha value is -2.32. The zero-order chi connectivity index (χ0) is 37.5. The highest BCUT2D eigenvalue weighted by Crippen LogP contribution is 2.43. The van der Waals surface area contributed by atoms with E-state index in [1.165, 1.54) is 70.6 Å². The van der Waals surface area contributed by atoms with Gasteiger partial charge in [0.25, 0.3) is 0 Å². The third-order valence-electron chi connectivity index (χ3n) is 7.98. The van der Waals surface area contributed by atoms with Crippen molar-refractivity contribution in [3.63, 3.8) is 0 Å². The highest BCUT2D eigenvalue weighted by atomic mass is 31.2. The van der Waals surface area contributed by atoms with Crippen molar-refractivity contribution >= 4 is 13.7 Å². The summed E-state index contributed by atoms with van der Waals surface area (Å²) in [6.45, 7) is 3.89. The number of carbonyl (C=O) groups excluding carboxylic acids is 1. The molecule has 8 nitrogen and oxygen atoms in total. The van der Waals surface area contributed by atoms with Crippen LogP contribution in [0.4, 0.5) is 0 Å². The number of unbranched alkanes of at least 4 members (excludes halogenated alkanes) is 12. The maximum atomic E-state index is 12.6. The van der Waals surface area contributed by atoms with Gasteiger partial charge in [0.2, 0.25) is 5.91 Å². The van der Waals surface area contributed by atoms with Gasteiger partial charge in [0.1, 0.15) is 0 Å². The molecule has 9 heteroatoms. The summed E-state index contributed by atoms with van der Waals surface area (Å²) in [6.07, 6.45) is 49.5. The highest BCUT2D eigenvalue weighted by molar-refractivity contribution is 7.47. The molecule has 0 radical (unpaired) electrons. The molecule has 0 saturated carbocycles. The van der Waals surface area contributed by atoms with Gasteiger partial charge in [-0.25, -0.2) is 4.57 Å². The van der Waals surface area contributed by atoms with E-state index in [-0.39, 0.29) is 25.5 Å². The molecule has 0 aliphatic carbocycles. The standard InChI is InChI=1S/C42H73N2O6P/c1-3-5-7-9-11-13-15-17-19-20-22-23-25-27-29-31-33-35-41(45)40(39-50-51(47,48)49-38-37-43)44-42(46)36-34-32-30-28-26-24-21-18-16-14-12-10-8-6-4-2/h6,8,12,14,18,21,25-28,32-35,40-41,45H,3-5,7,9-11,13,15-17,19-20,22-24,29-31,36-39,43H2,1-2H3,(H,44,46)(H,47,48)/b8-6-,14-12-,21-18-,27-25+,28-26-,34-32-,35-33+. The van der Waals surface area contributed by atoms with Gasteiger partial charge in [0.05, 0.1) is 25.4 Å². The molecule has 0 aliphatic rings. The Morgan fingerprint density at radius 3 is 1.71 bits per heavy atom. The summed E-state index contributed by atoms with van der Waals surface area (Å²) < 4.78 is 22.0. The molecule has 3 atom stereocenters. The predicted octanol–water partition coefficient (Wildman–Crippen LogP) is 10.7. The average molecular weight is 733 g/mol. The quantitative estimate of drug-likeness (QED) is 0.0290. The molecule has 0 bridgehead atoms. The Labute approximate surface area is 311 Å². The van der Waals surface area contributed by atoms with Gasteiger partial charge in [0.15, 0.2) is 0 Å². The van der Waals surface area contributed by atoms with E-state index in [9.17, 15) is 19.4 Å². The number of allylic oxidation sites excluding steroid dienone is 12. The minimum Gasteiger partial charge on any atom is -0.387 e. The number of hydrogen-bond acceptors (Lipinski definition) is 6. The fraction of sp³-hybridized carbons (Fsp3) is 0.643. The molecule has 51 heavy (non-hydrogen) atoms. The Balaban J connectivity index is 4.50. The number of aliphatic hydroxyl groups excluding tert-OH is 1. The maximum absolute atomic E-state index is 12.6. The fourth-order valence-corrected chi connectivity index (χ4v) is 5.80. The molecule has 5 N–H and O–H groups in total. The van der Waals surface area contributed by atoms with Crippen LogP contribution in [0, 0.1) is 0 Å². The molecular weight excluding hydrogens is 659 g/mol. The Kier molecular flexibility index (Phi) is 35.7. The highest BCUT2D eigenvalue weighted by Gasteiger charge is 2.26. The van der Waals surface area contributed by atoms with Crippen LogP contribution in [-0.4, -0.2) is 47.8 Å². The molecule has 0 saturated heterocycles. The van der Waals surface area contributed by atoms with E-state index in [0.29, 0.717) is 6.42 Å². The van der Waals surface area contributed by atoms with E-state index < -0.39 is 26.6 Å². The van der Waals surface area contributed by atoms with E-state index in [1.54, 1.807) is 12.2 Å². The lowest BCUT2D eigenvalue weighted by Gasteiger charge is -2.23. The molecule has 0 rings (SSSR count). The maximum Gasteiger partial charge on any atom is 0.472 e. The van der Waals surface area contributed by atoms with Crippen molar-refractivity contribution in [1.82, 2.24) is 5.32 Å². The van der Waals surface area contributed by atoms with Gasteiger partial charge in [-0.15, -0.1) is 0 Å². The minimum absolute atomic E-state index is 0.0560. The molecule has 0 aliphatic heterocycles. The third kappa shape index (κ3) is 35.9. The lowest BCUT2D eigenvalue weighted by molar-refractivity contribution is -0.122. The smallest absolute Gasteiger partial charge is 0.387 e. The second-order valence-electron chi connectivity index (χ2n) is 12.8. The summed E-state index contributed by atoms with van der Waals surface area (Å²) in [5.74, 6) is -0.335. The zero-order valence-electron chi connectivity index (χ0n) is 32.1. The van der Waals surface area contributed by atoms with E-state index in [0.717, 1.165) is 44.9 Å². The van der Waals surface area contributed by atoms with E-state index >= 15 is 0 Å². The number of nitrogens with one attached hydrogen (secondary N) is 1. The fourth-order valence-electron chi connectivity index (χ4n) is 5.04. The van der Waals surface area contributed by atoms with Crippen molar-refractivity contribution in [2.75, 3.05) is 19.8 Å². The first-order valence-electron chi connectivity index (χ1n) is 19.7. The van der Waals surface area contributed by atoms with Gasteiger partial charge in [-0.3, -0.25) is 13.8 Å². The second-order valence-corrected chi connectivity index (χ2v) is 14.2. The van der Waals surface area contributed by atoms with Gasteiger partial charge in [0, 0.05) is 13.0 Å². The van der Waals surface area contributed by atoms with Crippen LogP contribution in [0.25, 0.3) is 0 Å². The summed E-state index contributed by atoms with van der Waals surface area (Å²) in [4.78, 5) is 22.5. The van der Waals surface area contributed by atoms with Gasteiger partial charge in [-0.2, -0.15) is 0 Å². The molecule has 292 valence electrons. The number of aliphatic hydroxyl groups is 1. The number of phosphoric ester groups is 1. The predicted molar refractivity (Wildman–Crippen MR) is 216 cm³/mol. The number of amides is 1. The van der Waals surface area contributed by atoms with Crippen LogP contribution in [0.5, 0.6) is 0 Å². The van der Waals surface area contributed by atoms with Crippen molar-refractivity contribution in [1.29, 1.82) is 0 Å². The Bertz CT molecular complexity index is 1070. The third-order valence-corrected chi connectivity index (χ3v) is 8.97. The first-order chi connectivity index (χ1) is 24.9. The van der Waals surface area contributed by atoms with Crippen molar-refractivity contribution in [3.05, 3.63) is 85.1 Å². The first-order valence-corrected chi connectivity index (χ1v) is 21.2. The van der Waals surface area contributed by atoms with Crippen molar-refractivity contribution in [2.45, 2.75) is 154 Å². The average Bonchev–Trinajstić information content (AvgIpc) is 3.12. The van der Waals surface area contributed by atoms with Crippen LogP contribution in [-0.2, 0) is 18.4 Å². The Morgan fingerprint density at radius 2 is 1.16 bits per heavy atom. The SMILES string of the molecule is CC/C=C\C/C=C\C/C=C\C/C=C\C/C=C\CC(=O)NC(COP(=O)(O)OCCN)C(O)/C=C/CC/C=C/CCCCCCCCCCCCC. The monoisotopic (exact) mass is 733 g/mol. The lowest BCUT2D eigenvalue weighted by atomic mass is 10.1. The largest absolute Gasteiger partial charge is 0.472 e. The summed E-state index contributed by atoms with van der Waals surface area (Å²) in [5.41, 5.74) is 5.35. The molecule has 3 unspecified atom stereocenters. The molecule has 0 aromatic rings. The van der Waals surface area contributed by atoms with Gasteiger partial charge in [-0.05, 0) is 57.8 Å². The van der Waals surface area contributed by atoms with Crippen molar-refractivity contribution in [3.8, 4) is 0 Å². The summed E-state index contributed by atoms with van der Waals surface area (Å²) >= 11 is 0. The lowest BCUT2D eigenvalue weighted by Crippen LogP contribution is -2.45. The normalized spacial score (nSPS) is 15.2. The van der Waals surface area contributed by atoms with E-state index in [2.05, 4.69) is 73.8 Å². The summed E-state index contributed by atoms with van der Waals surface area (Å²) in [5, 5.41) is 13.5. The van der Waals surface area contributed by atoms with E-state index in [4.69, 9.17) is 14.8 Å². The first kappa shape index (κ1) is 48.7. The van der Waals surface area contributed by atoms with Crippen LogP contribution in [0.3, 0.4) is 0 Å². The minimum atomic E-state index is -4.37. The molecule has 0 heterocycles. The van der Waals surface area contributed by atoms with Crippen LogP contribution in [0.2, 0.25) is 0 Å². The topological polar surface area (TPSA) is 131 Å². The molecule has 0 aromatic heterocycles. The molecular formula is C42H73N2O6P. The number of hydrogen-bond donors (Lipinski definition) is 4. The Morgan fingerprint density at radius 1 is 0.667 bits per heavy atom. The number of nitrogens with two attached hydrogens (primary N) is 1. The molecule has 0 spiro atoms.